The van der Waals surface area contributed by atoms with Crippen molar-refractivity contribution >= 4 is 5.91 Å². The van der Waals surface area contributed by atoms with Crippen molar-refractivity contribution in [1.82, 2.24) is 10.6 Å². The predicted octanol–water partition coefficient (Wildman–Crippen LogP) is 2.23. The number of carbonyl (C=O) groups is 1. The molecular formula is C16H30N2O2. The van der Waals surface area contributed by atoms with Crippen LogP contribution >= 0.6 is 0 Å². The van der Waals surface area contributed by atoms with Crippen LogP contribution in [0.1, 0.15) is 58.8 Å². The van der Waals surface area contributed by atoms with E-state index in [0.717, 1.165) is 38.3 Å². The van der Waals surface area contributed by atoms with E-state index < -0.39 is 0 Å². The Morgan fingerprint density at radius 2 is 2.10 bits per heavy atom. The van der Waals surface area contributed by atoms with Crippen LogP contribution in [0.5, 0.6) is 0 Å². The number of nitrogens with one attached hydrogen (secondary N) is 2. The maximum Gasteiger partial charge on any atom is 0.237 e. The largest absolute Gasteiger partial charge is 0.379 e. The van der Waals surface area contributed by atoms with Gasteiger partial charge in [-0.05, 0) is 51.9 Å². The number of amides is 1. The first kappa shape index (κ1) is 15.8. The molecule has 0 aromatic carbocycles. The van der Waals surface area contributed by atoms with Crippen LogP contribution in [-0.2, 0) is 9.53 Å². The zero-order valence-corrected chi connectivity index (χ0v) is 13.0. The van der Waals surface area contributed by atoms with E-state index >= 15 is 0 Å². The highest BCUT2D eigenvalue weighted by Crippen LogP contribution is 2.33. The molecule has 3 atom stereocenters. The van der Waals surface area contributed by atoms with E-state index in [-0.39, 0.29) is 11.9 Å². The number of ether oxygens (including phenoxy) is 1. The second kappa shape index (κ2) is 7.99. The smallest absolute Gasteiger partial charge is 0.237 e. The first-order chi connectivity index (χ1) is 9.66. The lowest BCUT2D eigenvalue weighted by Crippen LogP contribution is -2.43. The van der Waals surface area contributed by atoms with Gasteiger partial charge in [0.2, 0.25) is 5.91 Å². The Kier molecular flexibility index (Phi) is 6.30. The van der Waals surface area contributed by atoms with Gasteiger partial charge in [0.05, 0.1) is 12.1 Å². The summed E-state index contributed by atoms with van der Waals surface area (Å²) in [6, 6.07) is 0.647. The molecule has 2 N–H and O–H groups in total. The molecule has 1 amide bonds. The molecule has 3 unspecified atom stereocenters. The van der Waals surface area contributed by atoms with Crippen molar-refractivity contribution in [3.05, 3.63) is 0 Å². The summed E-state index contributed by atoms with van der Waals surface area (Å²) in [5, 5.41) is 6.59. The molecule has 1 aliphatic carbocycles. The Morgan fingerprint density at radius 3 is 2.85 bits per heavy atom. The molecule has 2 rings (SSSR count). The summed E-state index contributed by atoms with van der Waals surface area (Å²) in [7, 11) is 0. The van der Waals surface area contributed by atoms with E-state index in [4.69, 9.17) is 4.74 Å². The Morgan fingerprint density at radius 1 is 1.30 bits per heavy atom. The summed E-state index contributed by atoms with van der Waals surface area (Å²) >= 11 is 0. The first-order valence-corrected chi connectivity index (χ1v) is 8.32. The third-order valence-corrected chi connectivity index (χ3v) is 4.50. The third-order valence-electron chi connectivity index (χ3n) is 4.50. The van der Waals surface area contributed by atoms with Crippen LogP contribution < -0.4 is 10.6 Å². The number of unbranched alkanes of at least 4 members (excludes halogenated alkanes) is 1. The van der Waals surface area contributed by atoms with Crippen LogP contribution in [0, 0.1) is 5.92 Å². The zero-order chi connectivity index (χ0) is 14.4. The molecule has 1 saturated heterocycles. The van der Waals surface area contributed by atoms with Crippen LogP contribution in [0.3, 0.4) is 0 Å². The molecule has 116 valence electrons. The fraction of sp³-hybridized carbons (Fsp3) is 0.938. The molecule has 2 fully saturated rings. The molecule has 20 heavy (non-hydrogen) atoms. The summed E-state index contributed by atoms with van der Waals surface area (Å²) in [6.45, 7) is 5.66. The maximum absolute atomic E-state index is 12.1. The summed E-state index contributed by atoms with van der Waals surface area (Å²) in [5.41, 5.74) is 0. The second-order valence-electron chi connectivity index (χ2n) is 6.52. The Hall–Kier alpha value is -0.610. The van der Waals surface area contributed by atoms with Gasteiger partial charge in [-0.1, -0.05) is 12.8 Å². The molecule has 1 heterocycles. The van der Waals surface area contributed by atoms with Crippen LogP contribution in [0.15, 0.2) is 0 Å². The number of carbonyl (C=O) groups excluding carboxylic acids is 1. The minimum absolute atomic E-state index is 0.0509. The van der Waals surface area contributed by atoms with Crippen molar-refractivity contribution in [2.45, 2.75) is 77.0 Å². The molecule has 0 aromatic rings. The number of rotatable bonds is 7. The molecule has 4 heteroatoms. The monoisotopic (exact) mass is 282 g/mol. The standard InChI is InChI=1S/C16H30N2O2/c1-12(2)20-10-6-5-9-17-16(19)15-11-13-7-3-4-8-14(13)18-15/h12-15,18H,3-11H2,1-2H3,(H,17,19). The molecule has 1 saturated carbocycles. The van der Waals surface area contributed by atoms with Gasteiger partial charge >= 0.3 is 0 Å². The lowest BCUT2D eigenvalue weighted by Gasteiger charge is -2.24. The normalized spacial score (nSPS) is 29.4. The van der Waals surface area contributed by atoms with Crippen molar-refractivity contribution in [2.24, 2.45) is 5.92 Å². The maximum atomic E-state index is 12.1. The summed E-state index contributed by atoms with van der Waals surface area (Å²) in [6.07, 6.45) is 8.56. The van der Waals surface area contributed by atoms with Gasteiger partial charge in [-0.3, -0.25) is 4.79 Å². The molecule has 1 aliphatic heterocycles. The van der Waals surface area contributed by atoms with Crippen molar-refractivity contribution in [3.8, 4) is 0 Å². The quantitative estimate of drug-likeness (QED) is 0.704. The lowest BCUT2D eigenvalue weighted by molar-refractivity contribution is -0.122. The minimum Gasteiger partial charge on any atom is -0.379 e. The van der Waals surface area contributed by atoms with Gasteiger partial charge < -0.3 is 15.4 Å². The van der Waals surface area contributed by atoms with Crippen molar-refractivity contribution in [3.63, 3.8) is 0 Å². The average molecular weight is 282 g/mol. The van der Waals surface area contributed by atoms with E-state index in [0.29, 0.717) is 12.1 Å². The van der Waals surface area contributed by atoms with Crippen LogP contribution in [0.2, 0.25) is 0 Å². The van der Waals surface area contributed by atoms with E-state index in [1.807, 2.05) is 13.8 Å². The second-order valence-corrected chi connectivity index (χ2v) is 6.52. The van der Waals surface area contributed by atoms with Crippen LogP contribution in [0.25, 0.3) is 0 Å². The Balaban J connectivity index is 1.56. The van der Waals surface area contributed by atoms with Gasteiger partial charge in [-0.2, -0.15) is 0 Å². The fourth-order valence-corrected chi connectivity index (χ4v) is 3.40. The Labute approximate surface area is 123 Å². The highest BCUT2D eigenvalue weighted by Gasteiger charge is 2.37. The molecule has 2 aliphatic rings. The predicted molar refractivity (Wildman–Crippen MR) is 80.6 cm³/mol. The minimum atomic E-state index is 0.0509. The van der Waals surface area contributed by atoms with E-state index in [9.17, 15) is 4.79 Å². The van der Waals surface area contributed by atoms with E-state index in [2.05, 4.69) is 10.6 Å². The SMILES string of the molecule is CC(C)OCCCCNC(=O)C1CC2CCCCC2N1. The number of hydrogen-bond donors (Lipinski definition) is 2. The molecule has 0 spiro atoms. The summed E-state index contributed by atoms with van der Waals surface area (Å²) < 4.78 is 5.49. The number of fused-ring (bicyclic) bond motifs is 1. The van der Waals surface area contributed by atoms with Crippen molar-refractivity contribution in [1.29, 1.82) is 0 Å². The number of hydrogen-bond acceptors (Lipinski definition) is 3. The van der Waals surface area contributed by atoms with Gasteiger partial charge in [0.15, 0.2) is 0 Å². The average Bonchev–Trinajstić information content (AvgIpc) is 2.86. The van der Waals surface area contributed by atoms with Crippen molar-refractivity contribution in [2.75, 3.05) is 13.2 Å². The van der Waals surface area contributed by atoms with Gasteiger partial charge in [-0.25, -0.2) is 0 Å². The topological polar surface area (TPSA) is 50.4 Å². The molecule has 0 bridgehead atoms. The van der Waals surface area contributed by atoms with Crippen LogP contribution in [0.4, 0.5) is 0 Å². The Bertz CT molecular complexity index is 293. The van der Waals surface area contributed by atoms with E-state index in [1.54, 1.807) is 0 Å². The highest BCUT2D eigenvalue weighted by atomic mass is 16.5. The fourth-order valence-electron chi connectivity index (χ4n) is 3.40. The first-order valence-electron chi connectivity index (χ1n) is 8.32. The van der Waals surface area contributed by atoms with Gasteiger partial charge in [-0.15, -0.1) is 0 Å². The highest BCUT2D eigenvalue weighted by molar-refractivity contribution is 5.82. The molecular weight excluding hydrogens is 252 g/mol. The third kappa shape index (κ3) is 4.74. The molecule has 4 nitrogen and oxygen atoms in total. The lowest BCUT2D eigenvalue weighted by atomic mass is 9.85. The van der Waals surface area contributed by atoms with Crippen LogP contribution in [-0.4, -0.2) is 37.2 Å². The van der Waals surface area contributed by atoms with Crippen molar-refractivity contribution < 1.29 is 9.53 Å². The van der Waals surface area contributed by atoms with E-state index in [1.165, 1.54) is 25.7 Å². The van der Waals surface area contributed by atoms with Gasteiger partial charge in [0, 0.05) is 19.2 Å². The zero-order valence-electron chi connectivity index (χ0n) is 13.0. The molecule has 0 aromatic heterocycles. The molecule has 0 radical (unpaired) electrons. The van der Waals surface area contributed by atoms with Gasteiger partial charge in [0.1, 0.15) is 0 Å². The summed E-state index contributed by atoms with van der Waals surface area (Å²) in [5.74, 6) is 0.933. The summed E-state index contributed by atoms with van der Waals surface area (Å²) in [4.78, 5) is 12.1. The van der Waals surface area contributed by atoms with Gasteiger partial charge in [0.25, 0.3) is 0 Å².